The van der Waals surface area contributed by atoms with Gasteiger partial charge in [-0.05, 0) is 29.7 Å². The van der Waals surface area contributed by atoms with Crippen LogP contribution in [0.2, 0.25) is 0 Å². The highest BCUT2D eigenvalue weighted by Gasteiger charge is 2.35. The molecule has 1 N–H and O–H groups in total. The molecule has 2 heterocycles. The molecule has 100 valence electrons. The van der Waals surface area contributed by atoms with Crippen molar-refractivity contribution in [2.45, 2.75) is 39.2 Å². The van der Waals surface area contributed by atoms with Gasteiger partial charge in [0.1, 0.15) is 0 Å². The summed E-state index contributed by atoms with van der Waals surface area (Å²) in [6, 6.07) is 4.07. The van der Waals surface area contributed by atoms with Crippen LogP contribution in [-0.4, -0.2) is 35.1 Å². The Bertz CT molecular complexity index is 400. The monoisotopic (exact) mass is 267 g/mol. The van der Waals surface area contributed by atoms with Crippen molar-refractivity contribution in [1.82, 2.24) is 4.90 Å². The SMILES string of the molecule is CC1(C)CCN(C(=O)CCc2cccs2)CC1O. The van der Waals surface area contributed by atoms with Gasteiger partial charge in [0, 0.05) is 24.4 Å². The van der Waals surface area contributed by atoms with Crippen LogP contribution in [0.3, 0.4) is 0 Å². The lowest BCUT2D eigenvalue weighted by molar-refractivity contribution is -0.137. The van der Waals surface area contributed by atoms with E-state index < -0.39 is 6.10 Å². The third kappa shape index (κ3) is 3.12. The molecule has 1 aromatic heterocycles. The summed E-state index contributed by atoms with van der Waals surface area (Å²) in [5.41, 5.74) is -0.0649. The molecule has 1 amide bonds. The van der Waals surface area contributed by atoms with Crippen molar-refractivity contribution in [3.63, 3.8) is 0 Å². The van der Waals surface area contributed by atoms with E-state index in [2.05, 4.69) is 19.9 Å². The van der Waals surface area contributed by atoms with Gasteiger partial charge in [-0.3, -0.25) is 4.79 Å². The maximum atomic E-state index is 12.1. The average molecular weight is 267 g/mol. The fourth-order valence-electron chi connectivity index (χ4n) is 2.21. The van der Waals surface area contributed by atoms with E-state index in [4.69, 9.17) is 0 Å². The maximum absolute atomic E-state index is 12.1. The molecule has 4 heteroatoms. The minimum atomic E-state index is -0.406. The Morgan fingerprint density at radius 2 is 2.39 bits per heavy atom. The Labute approximate surface area is 112 Å². The highest BCUT2D eigenvalue weighted by molar-refractivity contribution is 7.09. The van der Waals surface area contributed by atoms with Crippen LogP contribution in [0.25, 0.3) is 0 Å². The lowest BCUT2D eigenvalue weighted by Crippen LogP contribution is -2.50. The first-order valence-corrected chi connectivity index (χ1v) is 7.35. The van der Waals surface area contributed by atoms with Crippen LogP contribution in [0, 0.1) is 5.41 Å². The van der Waals surface area contributed by atoms with Crippen LogP contribution >= 0.6 is 11.3 Å². The van der Waals surface area contributed by atoms with Gasteiger partial charge in [-0.1, -0.05) is 19.9 Å². The largest absolute Gasteiger partial charge is 0.391 e. The predicted octanol–water partition coefficient (Wildman–Crippen LogP) is 2.30. The number of likely N-dealkylation sites (tertiary alicyclic amines) is 1. The first-order valence-electron chi connectivity index (χ1n) is 6.47. The minimum absolute atomic E-state index is 0.0649. The quantitative estimate of drug-likeness (QED) is 0.913. The van der Waals surface area contributed by atoms with Gasteiger partial charge in [0.05, 0.1) is 6.10 Å². The summed E-state index contributed by atoms with van der Waals surface area (Å²) in [4.78, 5) is 15.1. The highest BCUT2D eigenvalue weighted by atomic mass is 32.1. The molecule has 1 aromatic rings. The molecular formula is C14H21NO2S. The van der Waals surface area contributed by atoms with Gasteiger partial charge >= 0.3 is 0 Å². The van der Waals surface area contributed by atoms with Crippen molar-refractivity contribution in [2.75, 3.05) is 13.1 Å². The molecule has 1 aliphatic heterocycles. The second-order valence-corrected chi connectivity index (χ2v) is 6.71. The number of rotatable bonds is 3. The molecule has 1 aliphatic rings. The van der Waals surface area contributed by atoms with E-state index in [0.29, 0.717) is 13.0 Å². The average Bonchev–Trinajstić information content (AvgIpc) is 2.82. The number of carbonyl (C=O) groups is 1. The number of aliphatic hydroxyl groups excluding tert-OH is 1. The molecule has 0 aromatic carbocycles. The number of thiophene rings is 1. The van der Waals surface area contributed by atoms with E-state index in [-0.39, 0.29) is 11.3 Å². The molecule has 1 fully saturated rings. The number of aliphatic hydroxyl groups is 1. The fourth-order valence-corrected chi connectivity index (χ4v) is 2.92. The summed E-state index contributed by atoms with van der Waals surface area (Å²) in [7, 11) is 0. The van der Waals surface area contributed by atoms with Crippen LogP contribution in [0.4, 0.5) is 0 Å². The molecule has 0 bridgehead atoms. The lowest BCUT2D eigenvalue weighted by atomic mass is 9.80. The van der Waals surface area contributed by atoms with E-state index in [0.717, 1.165) is 19.4 Å². The zero-order valence-corrected chi connectivity index (χ0v) is 11.9. The van der Waals surface area contributed by atoms with E-state index >= 15 is 0 Å². The maximum Gasteiger partial charge on any atom is 0.223 e. The molecule has 3 nitrogen and oxygen atoms in total. The molecule has 0 aliphatic carbocycles. The standard InChI is InChI=1S/C14H21NO2S/c1-14(2)7-8-15(10-12(14)16)13(17)6-5-11-4-3-9-18-11/h3-4,9,12,16H,5-8,10H2,1-2H3. The zero-order chi connectivity index (χ0) is 13.2. The predicted molar refractivity (Wildman–Crippen MR) is 73.6 cm³/mol. The summed E-state index contributed by atoms with van der Waals surface area (Å²) < 4.78 is 0. The van der Waals surface area contributed by atoms with E-state index in [1.807, 2.05) is 16.3 Å². The molecule has 1 unspecified atom stereocenters. The lowest BCUT2D eigenvalue weighted by Gasteiger charge is -2.41. The molecular weight excluding hydrogens is 246 g/mol. The third-order valence-electron chi connectivity index (χ3n) is 3.84. The number of nitrogens with zero attached hydrogens (tertiary/aromatic N) is 1. The Balaban J connectivity index is 1.83. The van der Waals surface area contributed by atoms with E-state index in [1.165, 1.54) is 4.88 Å². The molecule has 1 saturated heterocycles. The van der Waals surface area contributed by atoms with Crippen molar-refractivity contribution in [3.05, 3.63) is 22.4 Å². The number of carbonyl (C=O) groups excluding carboxylic acids is 1. The normalized spacial score (nSPS) is 23.1. The number of hydrogen-bond acceptors (Lipinski definition) is 3. The smallest absolute Gasteiger partial charge is 0.223 e. The Morgan fingerprint density at radius 1 is 1.61 bits per heavy atom. The molecule has 1 atom stereocenters. The third-order valence-corrected chi connectivity index (χ3v) is 4.78. The second kappa shape index (κ2) is 5.41. The second-order valence-electron chi connectivity index (χ2n) is 5.67. The van der Waals surface area contributed by atoms with Crippen LogP contribution < -0.4 is 0 Å². The van der Waals surface area contributed by atoms with Crippen molar-refractivity contribution in [1.29, 1.82) is 0 Å². The van der Waals surface area contributed by atoms with Crippen LogP contribution in [0.5, 0.6) is 0 Å². The first kappa shape index (κ1) is 13.6. The van der Waals surface area contributed by atoms with Gasteiger partial charge in [-0.2, -0.15) is 0 Å². The van der Waals surface area contributed by atoms with Gasteiger partial charge in [-0.15, -0.1) is 11.3 Å². The summed E-state index contributed by atoms with van der Waals surface area (Å²) in [6.07, 6.45) is 1.83. The summed E-state index contributed by atoms with van der Waals surface area (Å²) >= 11 is 1.69. The van der Waals surface area contributed by atoms with Gasteiger partial charge in [0.2, 0.25) is 5.91 Å². The van der Waals surface area contributed by atoms with E-state index in [9.17, 15) is 9.90 Å². The number of amides is 1. The van der Waals surface area contributed by atoms with Gasteiger partial charge in [0.25, 0.3) is 0 Å². The Kier molecular flexibility index (Phi) is 4.07. The molecule has 0 saturated carbocycles. The van der Waals surface area contributed by atoms with Gasteiger partial charge in [0.15, 0.2) is 0 Å². The highest BCUT2D eigenvalue weighted by Crippen LogP contribution is 2.30. The van der Waals surface area contributed by atoms with Crippen LogP contribution in [0.15, 0.2) is 17.5 Å². The van der Waals surface area contributed by atoms with Crippen molar-refractivity contribution in [3.8, 4) is 0 Å². The topological polar surface area (TPSA) is 40.5 Å². The van der Waals surface area contributed by atoms with Crippen LogP contribution in [-0.2, 0) is 11.2 Å². The van der Waals surface area contributed by atoms with Crippen LogP contribution in [0.1, 0.15) is 31.6 Å². The van der Waals surface area contributed by atoms with Gasteiger partial charge < -0.3 is 10.0 Å². The van der Waals surface area contributed by atoms with Crippen molar-refractivity contribution < 1.29 is 9.90 Å². The number of hydrogen-bond donors (Lipinski definition) is 1. The summed E-state index contributed by atoms with van der Waals surface area (Å²) in [5, 5.41) is 12.1. The molecule has 2 rings (SSSR count). The fraction of sp³-hybridized carbons (Fsp3) is 0.643. The van der Waals surface area contributed by atoms with Crippen molar-refractivity contribution in [2.24, 2.45) is 5.41 Å². The molecule has 18 heavy (non-hydrogen) atoms. The number of β-amino-alcohol motifs (C(OH)–C–C–N with tert-alkyl or cyclic N) is 1. The Hall–Kier alpha value is -0.870. The first-order chi connectivity index (χ1) is 8.49. The zero-order valence-electron chi connectivity index (χ0n) is 11.1. The summed E-state index contributed by atoms with van der Waals surface area (Å²) in [5.74, 6) is 0.165. The minimum Gasteiger partial charge on any atom is -0.391 e. The number of aryl methyl sites for hydroxylation is 1. The molecule has 0 radical (unpaired) electrons. The van der Waals surface area contributed by atoms with Gasteiger partial charge in [-0.25, -0.2) is 0 Å². The van der Waals surface area contributed by atoms with E-state index in [1.54, 1.807) is 11.3 Å². The summed E-state index contributed by atoms with van der Waals surface area (Å²) in [6.45, 7) is 5.37. The molecule has 0 spiro atoms. The van der Waals surface area contributed by atoms with Crippen molar-refractivity contribution >= 4 is 17.2 Å². The Morgan fingerprint density at radius 3 is 3.00 bits per heavy atom. The number of piperidine rings is 1.